The van der Waals surface area contributed by atoms with Crippen molar-refractivity contribution in [3.8, 4) is 11.4 Å². The molecule has 1 aliphatic heterocycles. The third-order valence-electron chi connectivity index (χ3n) is 3.77. The SMILES string of the molecule is CCOc1ccccc1-n1nnnc1SC[C@@H]1CCN(C)C1. The van der Waals surface area contributed by atoms with Gasteiger partial charge in [0.2, 0.25) is 5.16 Å². The molecule has 1 saturated heterocycles. The first-order valence-corrected chi connectivity index (χ1v) is 8.58. The third kappa shape index (κ3) is 3.41. The van der Waals surface area contributed by atoms with Crippen LogP contribution in [0.2, 0.25) is 0 Å². The Labute approximate surface area is 134 Å². The fourth-order valence-electron chi connectivity index (χ4n) is 2.68. The molecule has 0 bridgehead atoms. The minimum atomic E-state index is 0.621. The molecular weight excluding hydrogens is 298 g/mol. The normalized spacial score (nSPS) is 18.7. The van der Waals surface area contributed by atoms with E-state index in [0.29, 0.717) is 12.5 Å². The van der Waals surface area contributed by atoms with E-state index in [-0.39, 0.29) is 0 Å². The number of nitrogens with zero attached hydrogens (tertiary/aromatic N) is 5. The molecule has 0 spiro atoms. The van der Waals surface area contributed by atoms with Gasteiger partial charge in [0, 0.05) is 12.3 Å². The Morgan fingerprint density at radius 2 is 2.23 bits per heavy atom. The number of ether oxygens (including phenoxy) is 1. The summed E-state index contributed by atoms with van der Waals surface area (Å²) in [6, 6.07) is 7.86. The molecule has 2 heterocycles. The van der Waals surface area contributed by atoms with E-state index in [1.165, 1.54) is 13.0 Å². The zero-order chi connectivity index (χ0) is 15.4. The lowest BCUT2D eigenvalue weighted by Crippen LogP contribution is -2.15. The summed E-state index contributed by atoms with van der Waals surface area (Å²) in [5.74, 6) is 2.56. The van der Waals surface area contributed by atoms with E-state index in [2.05, 4.69) is 27.5 Å². The predicted molar refractivity (Wildman–Crippen MR) is 86.7 cm³/mol. The molecule has 3 rings (SSSR count). The van der Waals surface area contributed by atoms with Crippen LogP contribution in [0.1, 0.15) is 13.3 Å². The molecule has 1 fully saturated rings. The van der Waals surface area contributed by atoms with Crippen molar-refractivity contribution >= 4 is 11.8 Å². The predicted octanol–water partition coefficient (Wildman–Crippen LogP) is 2.10. The highest BCUT2D eigenvalue weighted by atomic mass is 32.2. The molecule has 0 radical (unpaired) electrons. The summed E-state index contributed by atoms with van der Waals surface area (Å²) in [6.45, 7) is 4.94. The van der Waals surface area contributed by atoms with Crippen LogP contribution in [0.4, 0.5) is 0 Å². The summed E-state index contributed by atoms with van der Waals surface area (Å²) in [5, 5.41) is 13.0. The molecule has 0 aliphatic carbocycles. The maximum atomic E-state index is 5.68. The van der Waals surface area contributed by atoms with Gasteiger partial charge in [-0.05, 0) is 55.4 Å². The van der Waals surface area contributed by atoms with Crippen molar-refractivity contribution in [2.24, 2.45) is 5.92 Å². The van der Waals surface area contributed by atoms with Crippen LogP contribution in [0.5, 0.6) is 5.75 Å². The summed E-state index contributed by atoms with van der Waals surface area (Å²) in [5.41, 5.74) is 0.889. The van der Waals surface area contributed by atoms with Gasteiger partial charge in [-0.25, -0.2) is 0 Å². The van der Waals surface area contributed by atoms with Gasteiger partial charge >= 0.3 is 0 Å². The highest BCUT2D eigenvalue weighted by Gasteiger charge is 2.21. The molecule has 0 unspecified atom stereocenters. The second-order valence-electron chi connectivity index (χ2n) is 5.50. The van der Waals surface area contributed by atoms with Crippen molar-refractivity contribution < 1.29 is 4.74 Å². The Hall–Kier alpha value is -1.60. The lowest BCUT2D eigenvalue weighted by atomic mass is 10.2. The van der Waals surface area contributed by atoms with E-state index >= 15 is 0 Å². The standard InChI is InChI=1S/C15H21N5OS/c1-3-21-14-7-5-4-6-13(14)20-15(16-17-18-20)22-11-12-8-9-19(2)10-12/h4-7,12H,3,8-11H2,1-2H3/t12-/m1/s1. The molecule has 0 saturated carbocycles. The first-order valence-electron chi connectivity index (χ1n) is 7.60. The molecule has 0 amide bonds. The number of para-hydroxylation sites is 2. The number of rotatable bonds is 6. The van der Waals surface area contributed by atoms with Gasteiger partial charge in [0.1, 0.15) is 11.4 Å². The molecular formula is C15H21N5OS. The molecule has 1 aromatic carbocycles. The Bertz CT molecular complexity index is 617. The fraction of sp³-hybridized carbons (Fsp3) is 0.533. The molecule has 2 aromatic rings. The van der Waals surface area contributed by atoms with Crippen LogP contribution >= 0.6 is 11.8 Å². The molecule has 7 heteroatoms. The van der Waals surface area contributed by atoms with Crippen molar-refractivity contribution in [1.29, 1.82) is 0 Å². The summed E-state index contributed by atoms with van der Waals surface area (Å²) >= 11 is 1.72. The monoisotopic (exact) mass is 319 g/mol. The van der Waals surface area contributed by atoms with Crippen molar-refractivity contribution in [2.75, 3.05) is 32.5 Å². The molecule has 22 heavy (non-hydrogen) atoms. The van der Waals surface area contributed by atoms with Crippen LogP contribution in [-0.2, 0) is 0 Å². The maximum Gasteiger partial charge on any atom is 0.214 e. The van der Waals surface area contributed by atoms with Crippen LogP contribution < -0.4 is 4.74 Å². The highest BCUT2D eigenvalue weighted by Crippen LogP contribution is 2.28. The minimum absolute atomic E-state index is 0.621. The van der Waals surface area contributed by atoms with Crippen LogP contribution in [0.15, 0.2) is 29.4 Å². The summed E-state index contributed by atoms with van der Waals surface area (Å²) in [7, 11) is 2.17. The van der Waals surface area contributed by atoms with Crippen LogP contribution in [0.3, 0.4) is 0 Å². The van der Waals surface area contributed by atoms with Gasteiger partial charge in [0.25, 0.3) is 0 Å². The quantitative estimate of drug-likeness (QED) is 0.760. The fourth-order valence-corrected chi connectivity index (χ4v) is 3.69. The Morgan fingerprint density at radius 1 is 1.36 bits per heavy atom. The second kappa shape index (κ2) is 7.11. The summed E-state index contributed by atoms with van der Waals surface area (Å²) in [4.78, 5) is 2.37. The molecule has 1 atom stereocenters. The number of thioether (sulfide) groups is 1. The van der Waals surface area contributed by atoms with E-state index in [1.54, 1.807) is 16.4 Å². The van der Waals surface area contributed by atoms with Gasteiger partial charge < -0.3 is 9.64 Å². The van der Waals surface area contributed by atoms with E-state index in [1.807, 2.05) is 31.2 Å². The largest absolute Gasteiger partial charge is 0.492 e. The van der Waals surface area contributed by atoms with Gasteiger partial charge in [-0.15, -0.1) is 5.10 Å². The first-order chi connectivity index (χ1) is 10.8. The van der Waals surface area contributed by atoms with E-state index < -0.39 is 0 Å². The van der Waals surface area contributed by atoms with Gasteiger partial charge in [0.05, 0.1) is 6.61 Å². The van der Waals surface area contributed by atoms with Gasteiger partial charge in [-0.3, -0.25) is 0 Å². The summed E-state index contributed by atoms with van der Waals surface area (Å²) in [6.07, 6.45) is 1.25. The van der Waals surface area contributed by atoms with E-state index in [9.17, 15) is 0 Å². The average Bonchev–Trinajstić information content (AvgIpc) is 3.15. The van der Waals surface area contributed by atoms with Gasteiger partial charge in [0.15, 0.2) is 0 Å². The number of tetrazole rings is 1. The lowest BCUT2D eigenvalue weighted by Gasteiger charge is -2.12. The van der Waals surface area contributed by atoms with Crippen molar-refractivity contribution in [1.82, 2.24) is 25.1 Å². The zero-order valence-electron chi connectivity index (χ0n) is 13.0. The molecule has 0 N–H and O–H groups in total. The lowest BCUT2D eigenvalue weighted by molar-refractivity contribution is 0.337. The number of likely N-dealkylation sites (tertiary alicyclic amines) is 1. The smallest absolute Gasteiger partial charge is 0.214 e. The Morgan fingerprint density at radius 3 is 3.00 bits per heavy atom. The number of hydrogen-bond acceptors (Lipinski definition) is 6. The minimum Gasteiger partial charge on any atom is -0.492 e. The third-order valence-corrected chi connectivity index (χ3v) is 4.92. The molecule has 1 aromatic heterocycles. The van der Waals surface area contributed by atoms with Crippen LogP contribution in [0, 0.1) is 5.92 Å². The summed E-state index contributed by atoms with van der Waals surface area (Å²) < 4.78 is 7.45. The van der Waals surface area contributed by atoms with Crippen LogP contribution in [-0.4, -0.2) is 57.6 Å². The highest BCUT2D eigenvalue weighted by molar-refractivity contribution is 7.99. The Kier molecular flexibility index (Phi) is 4.94. The van der Waals surface area contributed by atoms with Gasteiger partial charge in [-0.1, -0.05) is 23.9 Å². The van der Waals surface area contributed by atoms with Crippen molar-refractivity contribution in [2.45, 2.75) is 18.5 Å². The second-order valence-corrected chi connectivity index (χ2v) is 6.49. The van der Waals surface area contributed by atoms with Crippen molar-refractivity contribution in [3.05, 3.63) is 24.3 Å². The average molecular weight is 319 g/mol. The molecule has 118 valence electrons. The number of benzene rings is 1. The molecule has 1 aliphatic rings. The first kappa shape index (κ1) is 15.3. The molecule has 6 nitrogen and oxygen atoms in total. The number of hydrogen-bond donors (Lipinski definition) is 0. The van der Waals surface area contributed by atoms with E-state index in [0.717, 1.165) is 28.9 Å². The zero-order valence-corrected chi connectivity index (χ0v) is 13.8. The Balaban J connectivity index is 1.74. The maximum absolute atomic E-state index is 5.68. The van der Waals surface area contributed by atoms with Crippen molar-refractivity contribution in [3.63, 3.8) is 0 Å². The van der Waals surface area contributed by atoms with Crippen LogP contribution in [0.25, 0.3) is 5.69 Å². The van der Waals surface area contributed by atoms with E-state index in [4.69, 9.17) is 4.74 Å². The number of aromatic nitrogens is 4. The topological polar surface area (TPSA) is 56.1 Å². The van der Waals surface area contributed by atoms with Gasteiger partial charge in [-0.2, -0.15) is 4.68 Å².